The SMILES string of the molecule is CC(=O)[C@H]1CC[C@H]2[C@@H]3CCC4C=C(CO)CC[C@]4(C)[C@H]3CC[C@]12C. The molecule has 4 aliphatic carbocycles. The summed E-state index contributed by atoms with van der Waals surface area (Å²) >= 11 is 0. The number of aliphatic hydroxyl groups is 1. The molecule has 0 aliphatic heterocycles. The van der Waals surface area contributed by atoms with Crippen LogP contribution in [0.25, 0.3) is 0 Å². The minimum absolute atomic E-state index is 0.252. The van der Waals surface area contributed by atoms with Gasteiger partial charge in [-0.25, -0.2) is 0 Å². The number of hydrogen-bond donors (Lipinski definition) is 1. The largest absolute Gasteiger partial charge is 0.392 e. The van der Waals surface area contributed by atoms with Gasteiger partial charge < -0.3 is 5.11 Å². The fourth-order valence-electron chi connectivity index (χ4n) is 7.73. The molecule has 1 unspecified atom stereocenters. The summed E-state index contributed by atoms with van der Waals surface area (Å²) in [5.74, 6) is 3.86. The van der Waals surface area contributed by atoms with E-state index in [9.17, 15) is 9.90 Å². The monoisotopic (exact) mass is 330 g/mol. The zero-order chi connectivity index (χ0) is 17.1. The van der Waals surface area contributed by atoms with Gasteiger partial charge in [-0.1, -0.05) is 19.9 Å². The molecule has 0 amide bonds. The highest BCUT2D eigenvalue weighted by atomic mass is 16.3. The molecule has 134 valence electrons. The average Bonchev–Trinajstić information content (AvgIpc) is 2.91. The van der Waals surface area contributed by atoms with Gasteiger partial charge in [0.1, 0.15) is 5.78 Å². The van der Waals surface area contributed by atoms with E-state index in [0.717, 1.165) is 30.6 Å². The molecule has 0 heterocycles. The molecule has 0 spiro atoms. The second kappa shape index (κ2) is 5.69. The van der Waals surface area contributed by atoms with E-state index >= 15 is 0 Å². The fourth-order valence-corrected chi connectivity index (χ4v) is 7.73. The summed E-state index contributed by atoms with van der Waals surface area (Å²) in [6.45, 7) is 7.05. The summed E-state index contributed by atoms with van der Waals surface area (Å²) < 4.78 is 0. The van der Waals surface area contributed by atoms with E-state index in [1.807, 2.05) is 6.92 Å². The van der Waals surface area contributed by atoms with Gasteiger partial charge in [0.05, 0.1) is 6.61 Å². The first-order chi connectivity index (χ1) is 11.4. The zero-order valence-corrected chi connectivity index (χ0v) is 15.7. The van der Waals surface area contributed by atoms with Crippen LogP contribution in [-0.4, -0.2) is 17.5 Å². The van der Waals surface area contributed by atoms with E-state index in [-0.39, 0.29) is 12.0 Å². The molecule has 1 N–H and O–H groups in total. The zero-order valence-electron chi connectivity index (χ0n) is 15.7. The number of carbonyl (C=O) groups excluding carboxylic acids is 1. The lowest BCUT2D eigenvalue weighted by Gasteiger charge is -2.59. The normalized spacial score (nSPS) is 50.5. The van der Waals surface area contributed by atoms with Crippen molar-refractivity contribution in [2.24, 2.45) is 40.4 Å². The average molecular weight is 331 g/mol. The Labute approximate surface area is 147 Å². The highest BCUT2D eigenvalue weighted by Crippen LogP contribution is 2.67. The molecule has 4 rings (SSSR count). The van der Waals surface area contributed by atoms with Crippen molar-refractivity contribution in [3.8, 4) is 0 Å². The minimum atomic E-state index is 0.252. The van der Waals surface area contributed by atoms with Gasteiger partial charge in [-0.05, 0) is 98.4 Å². The molecule has 7 atom stereocenters. The van der Waals surface area contributed by atoms with E-state index in [2.05, 4.69) is 19.9 Å². The molecule has 0 radical (unpaired) electrons. The number of hydrogen-bond acceptors (Lipinski definition) is 2. The summed E-state index contributed by atoms with van der Waals surface area (Å²) in [5.41, 5.74) is 1.97. The van der Waals surface area contributed by atoms with Crippen molar-refractivity contribution in [1.82, 2.24) is 0 Å². The highest BCUT2D eigenvalue weighted by Gasteiger charge is 2.60. The van der Waals surface area contributed by atoms with Crippen molar-refractivity contribution in [2.45, 2.75) is 72.1 Å². The molecule has 24 heavy (non-hydrogen) atoms. The lowest BCUT2D eigenvalue weighted by Crippen LogP contribution is -2.52. The van der Waals surface area contributed by atoms with Crippen LogP contribution in [0, 0.1) is 40.4 Å². The van der Waals surface area contributed by atoms with Crippen LogP contribution in [0.3, 0.4) is 0 Å². The second-order valence-corrected chi connectivity index (χ2v) is 9.83. The summed E-state index contributed by atoms with van der Waals surface area (Å²) in [4.78, 5) is 12.2. The smallest absolute Gasteiger partial charge is 0.133 e. The van der Waals surface area contributed by atoms with Crippen LogP contribution >= 0.6 is 0 Å². The fraction of sp³-hybridized carbons (Fsp3) is 0.864. The maximum absolute atomic E-state index is 12.2. The number of carbonyl (C=O) groups is 1. The van der Waals surface area contributed by atoms with Crippen LogP contribution in [0.15, 0.2) is 11.6 Å². The van der Waals surface area contributed by atoms with E-state index in [1.54, 1.807) is 0 Å². The van der Waals surface area contributed by atoms with Gasteiger partial charge in [0, 0.05) is 5.92 Å². The molecule has 0 bridgehead atoms. The van der Waals surface area contributed by atoms with E-state index < -0.39 is 0 Å². The van der Waals surface area contributed by atoms with Crippen LogP contribution in [0.1, 0.15) is 72.1 Å². The first kappa shape index (κ1) is 16.8. The van der Waals surface area contributed by atoms with Crippen LogP contribution in [-0.2, 0) is 4.79 Å². The van der Waals surface area contributed by atoms with Crippen molar-refractivity contribution >= 4 is 5.78 Å². The van der Waals surface area contributed by atoms with Crippen LogP contribution in [0.5, 0.6) is 0 Å². The van der Waals surface area contributed by atoms with Gasteiger partial charge in [-0.15, -0.1) is 0 Å². The van der Waals surface area contributed by atoms with Crippen molar-refractivity contribution < 1.29 is 9.90 Å². The van der Waals surface area contributed by atoms with E-state index in [4.69, 9.17) is 0 Å². The standard InChI is InChI=1S/C22H34O2/c1-14(24)18-6-7-19-17-5-4-16-12-15(13-23)8-10-21(16,2)20(17)9-11-22(18,19)3/h12,16-20,23H,4-11,13H2,1-3H3/t16?,17-,18+,19-,20-,21-,22+/m0/s1. The van der Waals surface area contributed by atoms with Gasteiger partial charge in [0.25, 0.3) is 0 Å². The first-order valence-electron chi connectivity index (χ1n) is 10.2. The van der Waals surface area contributed by atoms with Crippen molar-refractivity contribution in [1.29, 1.82) is 0 Å². The number of Topliss-reactive ketones (excluding diaryl/α,β-unsaturated/α-hetero) is 1. The Balaban J connectivity index is 1.62. The summed E-state index contributed by atoms with van der Waals surface area (Å²) in [6, 6.07) is 0. The van der Waals surface area contributed by atoms with Gasteiger partial charge in [0.2, 0.25) is 0 Å². The minimum Gasteiger partial charge on any atom is -0.392 e. The molecule has 3 saturated carbocycles. The molecule has 0 aromatic carbocycles. The van der Waals surface area contributed by atoms with Gasteiger partial charge in [-0.2, -0.15) is 0 Å². The number of fused-ring (bicyclic) bond motifs is 5. The lowest BCUT2D eigenvalue weighted by atomic mass is 9.45. The van der Waals surface area contributed by atoms with Gasteiger partial charge in [-0.3, -0.25) is 4.79 Å². The lowest BCUT2D eigenvalue weighted by molar-refractivity contribution is -0.130. The quantitative estimate of drug-likeness (QED) is 0.741. The Hall–Kier alpha value is -0.630. The second-order valence-electron chi connectivity index (χ2n) is 9.83. The van der Waals surface area contributed by atoms with E-state index in [1.165, 1.54) is 44.1 Å². The molecular formula is C22H34O2. The maximum atomic E-state index is 12.2. The summed E-state index contributed by atoms with van der Waals surface area (Å²) in [7, 11) is 0. The van der Waals surface area contributed by atoms with Crippen LogP contribution < -0.4 is 0 Å². The highest BCUT2D eigenvalue weighted by molar-refractivity contribution is 5.79. The summed E-state index contributed by atoms with van der Waals surface area (Å²) in [6.07, 6.45) is 12.4. The molecular weight excluding hydrogens is 296 g/mol. The number of aliphatic hydroxyl groups excluding tert-OH is 1. The molecule has 0 aromatic rings. The third-order valence-electron chi connectivity index (χ3n) is 9.06. The topological polar surface area (TPSA) is 37.3 Å². The van der Waals surface area contributed by atoms with Gasteiger partial charge in [0.15, 0.2) is 0 Å². The molecule has 2 nitrogen and oxygen atoms in total. The Morgan fingerprint density at radius 2 is 1.83 bits per heavy atom. The van der Waals surface area contributed by atoms with Crippen LogP contribution in [0.2, 0.25) is 0 Å². The molecule has 0 saturated heterocycles. The van der Waals surface area contributed by atoms with E-state index in [0.29, 0.717) is 23.0 Å². The molecule has 3 fully saturated rings. The molecule has 4 aliphatic rings. The van der Waals surface area contributed by atoms with Crippen molar-refractivity contribution in [3.05, 3.63) is 11.6 Å². The summed E-state index contributed by atoms with van der Waals surface area (Å²) in [5, 5.41) is 9.54. The Morgan fingerprint density at radius 3 is 2.54 bits per heavy atom. The van der Waals surface area contributed by atoms with Crippen molar-refractivity contribution in [3.63, 3.8) is 0 Å². The van der Waals surface area contributed by atoms with Crippen molar-refractivity contribution in [2.75, 3.05) is 6.61 Å². The predicted octanol–water partition coefficient (Wildman–Crippen LogP) is 4.76. The Morgan fingerprint density at radius 1 is 1.08 bits per heavy atom. The Kier molecular flexibility index (Phi) is 3.99. The predicted molar refractivity (Wildman–Crippen MR) is 96.4 cm³/mol. The third-order valence-corrected chi connectivity index (χ3v) is 9.06. The molecule has 0 aromatic heterocycles. The maximum Gasteiger partial charge on any atom is 0.133 e. The molecule has 2 heteroatoms. The number of rotatable bonds is 2. The van der Waals surface area contributed by atoms with Crippen LogP contribution in [0.4, 0.5) is 0 Å². The van der Waals surface area contributed by atoms with Gasteiger partial charge >= 0.3 is 0 Å². The number of ketones is 1. The third kappa shape index (κ3) is 2.21. The number of allylic oxidation sites excluding steroid dienone is 1. The first-order valence-corrected chi connectivity index (χ1v) is 10.2. The Bertz CT molecular complexity index is 564.